The van der Waals surface area contributed by atoms with E-state index in [1.54, 1.807) is 55.2 Å². The van der Waals surface area contributed by atoms with Gasteiger partial charge in [0.05, 0.1) is 0 Å². The summed E-state index contributed by atoms with van der Waals surface area (Å²) < 4.78 is 42.5. The molecule has 0 fully saturated rings. The van der Waals surface area contributed by atoms with Gasteiger partial charge in [0.25, 0.3) is 0 Å². The molecule has 0 aliphatic rings. The first-order valence-corrected chi connectivity index (χ1v) is 7.01. The van der Waals surface area contributed by atoms with Crippen LogP contribution in [-0.2, 0) is 0 Å². The van der Waals surface area contributed by atoms with E-state index in [-0.39, 0.29) is 10.8 Å². The van der Waals surface area contributed by atoms with Crippen LogP contribution in [0.3, 0.4) is 0 Å². The number of nitrogens with zero attached hydrogens (tertiary/aromatic N) is 3. The normalized spacial score (nSPS) is 15.5. The second kappa shape index (κ2) is 5.13. The number of hydrogen-bond donors (Lipinski definition) is 0. The smallest absolute Gasteiger partial charge is 0.242 e. The zero-order valence-corrected chi connectivity index (χ0v) is 11.4. The Morgan fingerprint density at radius 2 is 1.07 bits per heavy atom. The van der Waals surface area contributed by atoms with Crippen molar-refractivity contribution in [3.05, 3.63) is 0 Å². The minimum Gasteiger partial charge on any atom is -0.242 e. The first-order valence-electron chi connectivity index (χ1n) is 4.17. The maximum atomic E-state index is 12.5. The van der Waals surface area contributed by atoms with Gasteiger partial charge in [-0.1, -0.05) is 0 Å². The summed E-state index contributed by atoms with van der Waals surface area (Å²) in [7, 11) is 7.79. The van der Waals surface area contributed by atoms with Crippen LogP contribution in [0.4, 0.5) is 13.2 Å². The highest BCUT2D eigenvalue weighted by Crippen LogP contribution is 2.68. The van der Waals surface area contributed by atoms with Crippen LogP contribution in [0.1, 0.15) is 0 Å². The summed E-state index contributed by atoms with van der Waals surface area (Å²) in [4.78, 5) is 0. The number of alkyl halides is 3. The Hall–Kier alpha value is 0.370. The number of halogens is 3. The third-order valence-corrected chi connectivity index (χ3v) is 8.82. The number of hydrogen-bond acceptors (Lipinski definition) is 4. The van der Waals surface area contributed by atoms with Crippen LogP contribution in [0.2, 0.25) is 0 Å². The predicted molar refractivity (Wildman–Crippen MR) is 62.3 cm³/mol. The minimum atomic E-state index is -4.24. The van der Waals surface area contributed by atoms with Crippen molar-refractivity contribution >= 4 is 20.4 Å². The summed E-state index contributed by atoms with van der Waals surface area (Å²) in [6, 6.07) is 0. The molecular weight excluding hydrogens is 247 g/mol. The lowest BCUT2D eigenvalue weighted by Gasteiger charge is -2.52. The maximum absolute atomic E-state index is 12.5. The fourth-order valence-corrected chi connectivity index (χ4v) is 6.09. The highest BCUT2D eigenvalue weighted by atomic mass is 33.2. The first kappa shape index (κ1) is 15.4. The fourth-order valence-electron chi connectivity index (χ4n) is 1.33. The Kier molecular flexibility index (Phi) is 5.26. The largest absolute Gasteiger partial charge is 0.453 e. The van der Waals surface area contributed by atoms with Crippen LogP contribution in [0.5, 0.6) is 0 Å². The van der Waals surface area contributed by atoms with E-state index >= 15 is 0 Å². The van der Waals surface area contributed by atoms with Crippen molar-refractivity contribution in [1.29, 1.82) is 0 Å². The first-order chi connectivity index (χ1) is 6.54. The quantitative estimate of drug-likeness (QED) is 0.722. The monoisotopic (exact) mass is 265 g/mol. The fraction of sp³-hybridized carbons (Fsp3) is 1.00. The molecule has 15 heavy (non-hydrogen) atoms. The second-order valence-electron chi connectivity index (χ2n) is 3.43. The van der Waals surface area contributed by atoms with E-state index < -0.39 is 15.1 Å². The van der Waals surface area contributed by atoms with Crippen LogP contribution >= 0.6 is 20.4 Å². The molecule has 0 N–H and O–H groups in total. The van der Waals surface area contributed by atoms with Crippen molar-refractivity contribution in [2.24, 2.45) is 0 Å². The van der Waals surface area contributed by atoms with Gasteiger partial charge in [-0.3, -0.25) is 0 Å². The molecule has 0 saturated carbocycles. The van der Waals surface area contributed by atoms with Crippen molar-refractivity contribution in [2.75, 3.05) is 42.3 Å². The highest BCUT2D eigenvalue weighted by Gasteiger charge is 2.45. The van der Waals surface area contributed by atoms with Crippen LogP contribution < -0.4 is 0 Å². The molecule has 0 radical (unpaired) electrons. The summed E-state index contributed by atoms with van der Waals surface area (Å²) in [5, 5.41) is 0. The van der Waals surface area contributed by atoms with E-state index in [0.29, 0.717) is 0 Å². The van der Waals surface area contributed by atoms with Crippen LogP contribution in [-0.4, -0.2) is 60.7 Å². The van der Waals surface area contributed by atoms with E-state index in [1.165, 1.54) is 0 Å². The molecular formula is C7H18F3N3S2. The molecule has 0 aliphatic heterocycles. The molecule has 0 aromatic rings. The van der Waals surface area contributed by atoms with Crippen molar-refractivity contribution in [3.8, 4) is 0 Å². The van der Waals surface area contributed by atoms with Gasteiger partial charge in [0.15, 0.2) is 0 Å². The average Bonchev–Trinajstić information content (AvgIpc) is 1.96. The number of rotatable bonds is 4. The lowest BCUT2D eigenvalue weighted by molar-refractivity contribution is -0.0314. The van der Waals surface area contributed by atoms with E-state index in [9.17, 15) is 13.2 Å². The molecule has 0 rings (SSSR count). The van der Waals surface area contributed by atoms with Gasteiger partial charge in [-0.15, -0.1) is 0 Å². The predicted octanol–water partition coefficient (Wildman–Crippen LogP) is 2.39. The van der Waals surface area contributed by atoms with Gasteiger partial charge in [0.1, 0.15) is 0 Å². The van der Waals surface area contributed by atoms with Gasteiger partial charge in [-0.05, 0) is 51.9 Å². The zero-order valence-electron chi connectivity index (χ0n) is 9.79. The average molecular weight is 265 g/mol. The Bertz CT molecular complexity index is 184. The Labute approximate surface area is 94.7 Å². The zero-order chi connectivity index (χ0) is 12.4. The Morgan fingerprint density at radius 3 is 1.13 bits per heavy atom. The summed E-state index contributed by atoms with van der Waals surface area (Å²) in [5.74, 6) is 0. The van der Waals surface area contributed by atoms with Crippen molar-refractivity contribution in [1.82, 2.24) is 12.9 Å². The van der Waals surface area contributed by atoms with Gasteiger partial charge < -0.3 is 0 Å². The van der Waals surface area contributed by atoms with E-state index in [2.05, 4.69) is 0 Å². The van der Waals surface area contributed by atoms with E-state index in [4.69, 9.17) is 0 Å². The van der Waals surface area contributed by atoms with E-state index in [1.807, 2.05) is 0 Å². The van der Waals surface area contributed by atoms with Crippen LogP contribution in [0.15, 0.2) is 0 Å². The molecule has 8 heteroatoms. The minimum absolute atomic E-state index is 0.0347. The van der Waals surface area contributed by atoms with Gasteiger partial charge in [-0.2, -0.15) is 13.2 Å². The molecule has 0 spiro atoms. The molecule has 94 valence electrons. The van der Waals surface area contributed by atoms with E-state index in [0.717, 1.165) is 0 Å². The van der Waals surface area contributed by atoms with Crippen molar-refractivity contribution < 1.29 is 13.2 Å². The second-order valence-corrected chi connectivity index (χ2v) is 9.03. The lowest BCUT2D eigenvalue weighted by Crippen LogP contribution is -2.39. The highest BCUT2D eigenvalue weighted by molar-refractivity contribution is 8.91. The molecule has 0 aromatic carbocycles. The van der Waals surface area contributed by atoms with Crippen molar-refractivity contribution in [3.63, 3.8) is 0 Å². The van der Waals surface area contributed by atoms with Crippen LogP contribution in [0.25, 0.3) is 0 Å². The van der Waals surface area contributed by atoms with Gasteiger partial charge in [0, 0.05) is 10.8 Å². The standard InChI is InChI=1S/C7H18F3N3S2/c1-11(2)15(12(3)4,13(5)6)14-7(8,9)10/h1-6H3. The topological polar surface area (TPSA) is 9.72 Å². The molecule has 0 amide bonds. The summed E-state index contributed by atoms with van der Waals surface area (Å²) in [6.07, 6.45) is 0. The SMILES string of the molecule is CN(C)S(SC(F)(F)F)(N(C)C)N(C)C. The summed E-state index contributed by atoms with van der Waals surface area (Å²) >= 11 is 0. The van der Waals surface area contributed by atoms with Gasteiger partial charge in [0.2, 0.25) is 0 Å². The molecule has 0 atom stereocenters. The lowest BCUT2D eigenvalue weighted by atomic mass is 11.2. The molecule has 0 saturated heterocycles. The van der Waals surface area contributed by atoms with Crippen LogP contribution in [0, 0.1) is 0 Å². The molecule has 0 bridgehead atoms. The molecule has 3 nitrogen and oxygen atoms in total. The summed E-state index contributed by atoms with van der Waals surface area (Å²) in [6.45, 7) is 0. The third-order valence-electron chi connectivity index (χ3n) is 1.63. The van der Waals surface area contributed by atoms with Crippen molar-refractivity contribution in [2.45, 2.75) is 5.51 Å². The Balaban J connectivity index is 5.15. The molecule has 0 heterocycles. The molecule has 0 aliphatic carbocycles. The Morgan fingerprint density at radius 1 is 0.800 bits per heavy atom. The van der Waals surface area contributed by atoms with Gasteiger partial charge in [-0.25, -0.2) is 12.9 Å². The molecule has 0 aromatic heterocycles. The van der Waals surface area contributed by atoms with Gasteiger partial charge >= 0.3 is 5.51 Å². The molecule has 0 unspecified atom stereocenters. The third kappa shape index (κ3) is 3.70. The maximum Gasteiger partial charge on any atom is 0.453 e. The summed E-state index contributed by atoms with van der Waals surface area (Å²) in [5.41, 5.74) is -4.24.